The number of thioether (sulfide) groups is 1. The molecule has 0 heterocycles. The minimum Gasteiger partial charge on any atom is -0.298 e. The molecule has 0 N–H and O–H groups in total. The largest absolute Gasteiger partial charge is 0.298 e. The van der Waals surface area contributed by atoms with E-state index in [1.54, 1.807) is 17.8 Å². The first-order chi connectivity index (χ1) is 8.28. The molecule has 0 aliphatic heterocycles. The van der Waals surface area contributed by atoms with Crippen molar-refractivity contribution in [2.75, 3.05) is 5.75 Å². The highest BCUT2D eigenvalue weighted by molar-refractivity contribution is 7.99. The lowest BCUT2D eigenvalue weighted by atomic mass is 9.91. The van der Waals surface area contributed by atoms with Gasteiger partial charge in [-0.2, -0.15) is 0 Å². The van der Waals surface area contributed by atoms with E-state index in [9.17, 15) is 4.79 Å². The Hall–Kier alpha value is -0.760. The first-order valence-electron chi connectivity index (χ1n) is 6.47. The monoisotopic (exact) mass is 235 g/mol. The minimum absolute atomic E-state index is 0.431. The van der Waals surface area contributed by atoms with Crippen molar-refractivity contribution in [2.24, 2.45) is 5.92 Å². The van der Waals surface area contributed by atoms with Crippen molar-refractivity contribution in [1.82, 2.24) is 0 Å². The van der Waals surface area contributed by atoms with Gasteiger partial charge in [0.15, 0.2) is 0 Å². The molecule has 1 aliphatic carbocycles. The van der Waals surface area contributed by atoms with Gasteiger partial charge in [0, 0.05) is 16.2 Å². The van der Waals surface area contributed by atoms with Gasteiger partial charge in [0.1, 0.15) is 6.29 Å². The molecule has 0 saturated heterocycles. The van der Waals surface area contributed by atoms with Crippen LogP contribution in [-0.4, -0.2) is 12.0 Å². The highest BCUT2D eigenvalue weighted by atomic mass is 32.2. The zero-order chi connectivity index (χ0) is 12.1. The van der Waals surface area contributed by atoms with E-state index < -0.39 is 0 Å². The molecule has 1 saturated carbocycles. The summed E-state index contributed by atoms with van der Waals surface area (Å²) in [6, 6.07) is 5.78. The minimum atomic E-state index is 0.431. The number of rotatable bonds is 4. The van der Waals surface area contributed by atoms with Crippen LogP contribution in [0.1, 0.15) is 43.8 Å². The van der Waals surface area contributed by atoms with Crippen LogP contribution in [0.25, 0.3) is 0 Å². The van der Waals surface area contributed by atoms with Crippen LogP contribution in [0.5, 0.6) is 0 Å². The van der Waals surface area contributed by atoms with Gasteiger partial charge < -0.3 is 0 Å². The fraction of sp³-hybridized carbons (Fsp3) is 0.500. The number of aldehydes is 1. The van der Waals surface area contributed by atoms with Crippen molar-refractivity contribution in [3.63, 3.8) is 0 Å². The van der Waals surface area contributed by atoms with Crippen molar-refractivity contribution >= 4 is 18.0 Å². The second-order valence-corrected chi connectivity index (χ2v) is 5.53. The Morgan fingerprint density at radius 2 is 2.19 bits per heavy atom. The van der Waals surface area contributed by atoms with Crippen LogP contribution < -0.4 is 0 Å². The smallest absolute Gasteiger partial charge is 0.150 e. The van der Waals surface area contributed by atoms with Crippen molar-refractivity contribution in [2.45, 2.75) is 37.0 Å². The Balaban J connectivity index is 1.93. The van der Waals surface area contributed by atoms with E-state index in [1.165, 1.54) is 32.1 Å². The molecule has 1 aromatic rings. The first-order valence-corrected chi connectivity index (χ1v) is 6.96. The highest BCUT2D eigenvalue weighted by Gasteiger charge is 2.13. The second kappa shape index (κ2) is 6.09. The summed E-state index contributed by atoms with van der Waals surface area (Å²) in [4.78, 5) is 11.8. The van der Waals surface area contributed by atoms with Gasteiger partial charge in [-0.3, -0.25) is 4.79 Å². The third-order valence-corrected chi connectivity index (χ3v) is 4.34. The Kier molecular flexibility index (Phi) is 3.96. The summed E-state index contributed by atoms with van der Waals surface area (Å²) in [5, 5.41) is 0. The topological polar surface area (TPSA) is 17.1 Å². The predicted octanol–water partition coefficient (Wildman–Crippen LogP) is 4.17. The molecule has 0 radical (unpaired) electrons. The Morgan fingerprint density at radius 1 is 1.38 bits per heavy atom. The van der Waals surface area contributed by atoms with Gasteiger partial charge in [-0.15, -0.1) is 11.8 Å². The van der Waals surface area contributed by atoms with Gasteiger partial charge in [-0.1, -0.05) is 31.4 Å². The molecule has 0 amide bonds. The molecule has 86 valence electrons. The van der Waals surface area contributed by atoms with Crippen molar-refractivity contribution < 1.29 is 6.17 Å². The third kappa shape index (κ3) is 3.38. The van der Waals surface area contributed by atoms with E-state index in [1.807, 2.05) is 12.1 Å². The van der Waals surface area contributed by atoms with E-state index in [-0.39, 0.29) is 0 Å². The number of hydrogen-bond acceptors (Lipinski definition) is 2. The van der Waals surface area contributed by atoms with Crippen LogP contribution in [-0.2, 0) is 0 Å². The van der Waals surface area contributed by atoms with Gasteiger partial charge in [-0.05, 0) is 30.9 Å². The van der Waals surface area contributed by atoms with Gasteiger partial charge in [0.25, 0.3) is 0 Å². The molecular formula is C14H18OS. The Bertz CT molecular complexity index is 386. The molecule has 0 atom stereocenters. The average Bonchev–Trinajstić information content (AvgIpc) is 2.37. The van der Waals surface area contributed by atoms with E-state index in [2.05, 4.69) is 0 Å². The highest BCUT2D eigenvalue weighted by Crippen LogP contribution is 2.29. The zero-order valence-corrected chi connectivity index (χ0v) is 10.3. The lowest BCUT2D eigenvalue weighted by Gasteiger charge is -2.20. The summed E-state index contributed by atoms with van der Waals surface area (Å²) in [6.45, 7) is 0. The third-order valence-electron chi connectivity index (χ3n) is 3.13. The molecule has 0 bridgehead atoms. The maximum atomic E-state index is 10.7. The maximum absolute atomic E-state index is 10.7. The molecule has 1 nitrogen and oxygen atoms in total. The summed E-state index contributed by atoms with van der Waals surface area (Å²) in [7, 11) is 0. The maximum Gasteiger partial charge on any atom is 0.150 e. The number of benzene rings is 1. The molecule has 1 fully saturated rings. The first kappa shape index (κ1) is 10.4. The van der Waals surface area contributed by atoms with Crippen LogP contribution in [0.15, 0.2) is 29.1 Å². The van der Waals surface area contributed by atoms with Gasteiger partial charge in [0.2, 0.25) is 0 Å². The number of carbonyl (C=O) groups excluding carboxylic acids is 1. The van der Waals surface area contributed by atoms with E-state index in [4.69, 9.17) is 1.37 Å². The molecule has 16 heavy (non-hydrogen) atoms. The van der Waals surface area contributed by atoms with Crippen LogP contribution in [0.2, 0.25) is 0 Å². The molecule has 0 aromatic heterocycles. The number of hydrogen-bond donors (Lipinski definition) is 0. The van der Waals surface area contributed by atoms with Gasteiger partial charge in [-0.25, -0.2) is 0 Å². The Morgan fingerprint density at radius 3 is 2.94 bits per heavy atom. The molecule has 1 aromatic carbocycles. The normalized spacial score (nSPS) is 18.1. The SMILES string of the molecule is [2H]c1cc(C=O)cc(SCC2CCCCC2)c1. The summed E-state index contributed by atoms with van der Waals surface area (Å²) >= 11 is 1.79. The summed E-state index contributed by atoms with van der Waals surface area (Å²) in [5.74, 6) is 1.95. The van der Waals surface area contributed by atoms with E-state index in [0.29, 0.717) is 11.6 Å². The Labute approximate surface area is 103 Å². The molecule has 2 rings (SSSR count). The average molecular weight is 235 g/mol. The van der Waals surface area contributed by atoms with Crippen LogP contribution in [0.4, 0.5) is 0 Å². The molecule has 0 unspecified atom stereocenters. The van der Waals surface area contributed by atoms with Gasteiger partial charge >= 0.3 is 0 Å². The van der Waals surface area contributed by atoms with E-state index >= 15 is 0 Å². The van der Waals surface area contributed by atoms with Crippen molar-refractivity contribution in [3.8, 4) is 0 Å². The standard InChI is InChI=1S/C14H18OS/c15-10-13-7-4-8-14(9-13)16-11-12-5-2-1-3-6-12/h4,7-10,12H,1-3,5-6,11H2/i4D. The number of carbonyl (C=O) groups is 1. The summed E-state index contributed by atoms with van der Waals surface area (Å²) in [6.07, 6.45) is 7.62. The molecular weight excluding hydrogens is 216 g/mol. The molecule has 0 spiro atoms. The predicted molar refractivity (Wildman–Crippen MR) is 69.1 cm³/mol. The quantitative estimate of drug-likeness (QED) is 0.575. The fourth-order valence-electron chi connectivity index (χ4n) is 2.19. The van der Waals surface area contributed by atoms with Crippen molar-refractivity contribution in [1.29, 1.82) is 0 Å². The molecule has 1 aliphatic rings. The lowest BCUT2D eigenvalue weighted by molar-refractivity contribution is 0.112. The molecule has 2 heteroatoms. The van der Waals surface area contributed by atoms with E-state index in [0.717, 1.165) is 22.9 Å². The van der Waals surface area contributed by atoms with Gasteiger partial charge in [0.05, 0.1) is 1.37 Å². The fourth-order valence-corrected chi connectivity index (χ4v) is 3.32. The second-order valence-electron chi connectivity index (χ2n) is 4.43. The summed E-state index contributed by atoms with van der Waals surface area (Å²) in [5.41, 5.74) is 0.614. The summed E-state index contributed by atoms with van der Waals surface area (Å²) < 4.78 is 7.63. The zero-order valence-electron chi connectivity index (χ0n) is 10.4. The van der Waals surface area contributed by atoms with Crippen molar-refractivity contribution in [3.05, 3.63) is 29.8 Å². The van der Waals surface area contributed by atoms with Crippen LogP contribution in [0, 0.1) is 5.92 Å². The van der Waals surface area contributed by atoms with Crippen LogP contribution in [0.3, 0.4) is 0 Å². The lowest BCUT2D eigenvalue weighted by Crippen LogP contribution is -2.08. The van der Waals surface area contributed by atoms with Crippen LogP contribution >= 0.6 is 11.8 Å².